The fourth-order valence-electron chi connectivity index (χ4n) is 3.43. The molecule has 0 saturated heterocycles. The van der Waals surface area contributed by atoms with E-state index in [-0.39, 0.29) is 11.6 Å². The highest BCUT2D eigenvalue weighted by Crippen LogP contribution is 2.39. The number of carbonyl (C=O) groups excluding carboxylic acids is 1. The van der Waals surface area contributed by atoms with Gasteiger partial charge < -0.3 is 19.1 Å². The zero-order chi connectivity index (χ0) is 21.8. The number of fused-ring (bicyclic) bond motifs is 1. The van der Waals surface area contributed by atoms with Crippen molar-refractivity contribution < 1.29 is 19.4 Å². The van der Waals surface area contributed by atoms with Gasteiger partial charge in [-0.3, -0.25) is 4.79 Å². The second kappa shape index (κ2) is 8.71. The first kappa shape index (κ1) is 20.2. The second-order valence-corrected chi connectivity index (χ2v) is 6.84. The van der Waals surface area contributed by atoms with Crippen LogP contribution >= 0.6 is 0 Å². The average Bonchev–Trinajstić information content (AvgIpc) is 3.08. The number of aromatic nitrogens is 1. The lowest BCUT2D eigenvalue weighted by Crippen LogP contribution is -2.00. The lowest BCUT2D eigenvalue weighted by atomic mass is 10.2. The molecular formula is C24H21N3O4. The van der Waals surface area contributed by atoms with E-state index in [1.54, 1.807) is 43.1 Å². The van der Waals surface area contributed by atoms with Gasteiger partial charge >= 0.3 is 0 Å². The summed E-state index contributed by atoms with van der Waals surface area (Å²) in [7, 11) is 3.16. The lowest BCUT2D eigenvalue weighted by Gasteiger charge is -2.11. The third kappa shape index (κ3) is 3.98. The van der Waals surface area contributed by atoms with Crippen LogP contribution in [0.5, 0.6) is 17.4 Å². The van der Waals surface area contributed by atoms with Gasteiger partial charge in [0, 0.05) is 10.9 Å². The van der Waals surface area contributed by atoms with E-state index >= 15 is 0 Å². The van der Waals surface area contributed by atoms with Crippen molar-refractivity contribution in [2.24, 2.45) is 10.2 Å². The fraction of sp³-hybridized carbons (Fsp3) is 0.125. The molecule has 0 unspecified atom stereocenters. The Morgan fingerprint density at radius 3 is 2.39 bits per heavy atom. The Labute approximate surface area is 179 Å². The Morgan fingerprint density at radius 1 is 0.935 bits per heavy atom. The third-order valence-corrected chi connectivity index (χ3v) is 4.97. The number of carbonyl (C=O) groups is 1. The molecule has 1 N–H and O–H groups in total. The summed E-state index contributed by atoms with van der Waals surface area (Å²) >= 11 is 0. The summed E-state index contributed by atoms with van der Waals surface area (Å²) < 4.78 is 12.4. The van der Waals surface area contributed by atoms with Gasteiger partial charge in [-0.1, -0.05) is 42.5 Å². The third-order valence-electron chi connectivity index (χ3n) is 4.97. The van der Waals surface area contributed by atoms with E-state index in [2.05, 4.69) is 10.2 Å². The maximum atomic E-state index is 12.3. The number of benzene rings is 3. The van der Waals surface area contributed by atoms with Crippen molar-refractivity contribution in [3.8, 4) is 17.4 Å². The van der Waals surface area contributed by atoms with E-state index in [0.29, 0.717) is 29.0 Å². The Bertz CT molecular complexity index is 1260. The van der Waals surface area contributed by atoms with E-state index in [1.807, 2.05) is 48.5 Å². The van der Waals surface area contributed by atoms with Gasteiger partial charge in [-0.15, -0.1) is 10.2 Å². The summed E-state index contributed by atoms with van der Waals surface area (Å²) in [6, 6.07) is 21.7. The van der Waals surface area contributed by atoms with Gasteiger partial charge in [-0.05, 0) is 35.9 Å². The number of rotatable bonds is 6. The molecule has 7 nitrogen and oxygen atoms in total. The smallest absolute Gasteiger partial charge is 0.295 e. The van der Waals surface area contributed by atoms with Crippen molar-refractivity contribution >= 4 is 22.5 Å². The fourth-order valence-corrected chi connectivity index (χ4v) is 3.43. The number of amides is 1. The minimum atomic E-state index is -0.475. The molecule has 156 valence electrons. The number of hydrogen-bond acceptors (Lipinski definition) is 5. The van der Waals surface area contributed by atoms with Crippen molar-refractivity contribution in [3.63, 3.8) is 0 Å². The minimum Gasteiger partial charge on any atom is -0.493 e. The molecular weight excluding hydrogens is 394 g/mol. The SMILES string of the molecule is COc1ccc(Cn2c(O)c(N=NC(=O)c3ccccc3)c3ccccc32)cc1OC. The molecule has 0 bridgehead atoms. The van der Waals surface area contributed by atoms with Crippen LogP contribution in [0.4, 0.5) is 5.69 Å². The summed E-state index contributed by atoms with van der Waals surface area (Å²) in [5.41, 5.74) is 2.36. The van der Waals surface area contributed by atoms with Crippen LogP contribution in [0.1, 0.15) is 15.9 Å². The van der Waals surface area contributed by atoms with Gasteiger partial charge in [0.1, 0.15) is 0 Å². The summed E-state index contributed by atoms with van der Waals surface area (Å²) in [5.74, 6) is 0.684. The number of nitrogens with zero attached hydrogens (tertiary/aromatic N) is 3. The van der Waals surface area contributed by atoms with E-state index < -0.39 is 5.91 Å². The molecule has 1 heterocycles. The number of methoxy groups -OCH3 is 2. The minimum absolute atomic E-state index is 0.0689. The lowest BCUT2D eigenvalue weighted by molar-refractivity contribution is 0.0995. The predicted molar refractivity (Wildman–Crippen MR) is 118 cm³/mol. The Balaban J connectivity index is 1.72. The van der Waals surface area contributed by atoms with E-state index in [9.17, 15) is 9.90 Å². The van der Waals surface area contributed by atoms with Crippen LogP contribution in [0, 0.1) is 0 Å². The van der Waals surface area contributed by atoms with Crippen molar-refractivity contribution in [2.45, 2.75) is 6.54 Å². The van der Waals surface area contributed by atoms with Crippen LogP contribution in [0.2, 0.25) is 0 Å². The van der Waals surface area contributed by atoms with Crippen LogP contribution in [0.3, 0.4) is 0 Å². The van der Waals surface area contributed by atoms with Gasteiger partial charge in [-0.2, -0.15) is 0 Å². The van der Waals surface area contributed by atoms with Gasteiger partial charge in [-0.25, -0.2) is 0 Å². The van der Waals surface area contributed by atoms with Crippen molar-refractivity contribution in [2.75, 3.05) is 14.2 Å². The van der Waals surface area contributed by atoms with Gasteiger partial charge in [0.2, 0.25) is 5.88 Å². The largest absolute Gasteiger partial charge is 0.493 e. The Hall–Kier alpha value is -4.13. The van der Waals surface area contributed by atoms with Crippen LogP contribution in [-0.2, 0) is 6.54 Å². The maximum absolute atomic E-state index is 12.3. The molecule has 4 aromatic rings. The first-order valence-electron chi connectivity index (χ1n) is 9.64. The van der Waals surface area contributed by atoms with Crippen molar-refractivity contribution in [1.29, 1.82) is 0 Å². The topological polar surface area (TPSA) is 85.4 Å². The highest BCUT2D eigenvalue weighted by Gasteiger charge is 2.18. The number of azo groups is 1. The zero-order valence-corrected chi connectivity index (χ0v) is 17.1. The van der Waals surface area contributed by atoms with Crippen molar-refractivity contribution in [1.82, 2.24) is 4.57 Å². The monoisotopic (exact) mass is 415 g/mol. The number of para-hydroxylation sites is 1. The van der Waals surface area contributed by atoms with Crippen LogP contribution in [0.15, 0.2) is 83.0 Å². The summed E-state index contributed by atoms with van der Waals surface area (Å²) in [4.78, 5) is 12.3. The number of aromatic hydroxyl groups is 1. The van der Waals surface area contributed by atoms with E-state index in [0.717, 1.165) is 11.1 Å². The molecule has 0 aliphatic carbocycles. The quantitative estimate of drug-likeness (QED) is 0.431. The standard InChI is InChI=1S/C24H21N3O4/c1-30-20-13-12-16(14-21(20)31-2)15-27-19-11-7-6-10-18(19)22(24(27)29)25-26-23(28)17-8-4-3-5-9-17/h3-14,29H,15H2,1-2H3. The highest BCUT2D eigenvalue weighted by molar-refractivity contribution is 5.97. The molecule has 0 aliphatic heterocycles. The maximum Gasteiger partial charge on any atom is 0.295 e. The molecule has 0 atom stereocenters. The van der Waals surface area contributed by atoms with Crippen LogP contribution in [-0.4, -0.2) is 29.8 Å². The summed E-state index contributed by atoms with van der Waals surface area (Å²) in [5, 5.41) is 19.5. The van der Waals surface area contributed by atoms with E-state index in [4.69, 9.17) is 9.47 Å². The highest BCUT2D eigenvalue weighted by atomic mass is 16.5. The molecule has 7 heteroatoms. The molecule has 3 aromatic carbocycles. The molecule has 0 aliphatic rings. The molecule has 0 spiro atoms. The second-order valence-electron chi connectivity index (χ2n) is 6.84. The molecule has 31 heavy (non-hydrogen) atoms. The van der Waals surface area contributed by atoms with E-state index in [1.165, 1.54) is 0 Å². The van der Waals surface area contributed by atoms with Crippen LogP contribution in [0.25, 0.3) is 10.9 Å². The number of ether oxygens (including phenoxy) is 2. The predicted octanol–water partition coefficient (Wildman–Crippen LogP) is 5.34. The Kier molecular flexibility index (Phi) is 5.66. The molecule has 0 fully saturated rings. The molecule has 0 radical (unpaired) electrons. The summed E-state index contributed by atoms with van der Waals surface area (Å²) in [6.07, 6.45) is 0. The first-order chi connectivity index (χ1) is 15.1. The number of hydrogen-bond donors (Lipinski definition) is 1. The molecule has 4 rings (SSSR count). The summed E-state index contributed by atoms with van der Waals surface area (Å²) in [6.45, 7) is 0.370. The normalized spacial score (nSPS) is 11.2. The zero-order valence-electron chi connectivity index (χ0n) is 17.1. The Morgan fingerprint density at radius 2 is 1.65 bits per heavy atom. The van der Waals surface area contributed by atoms with Gasteiger partial charge in [0.15, 0.2) is 17.2 Å². The molecule has 1 aromatic heterocycles. The molecule has 0 saturated carbocycles. The van der Waals surface area contributed by atoms with Gasteiger partial charge in [0.05, 0.1) is 26.3 Å². The van der Waals surface area contributed by atoms with Crippen LogP contribution < -0.4 is 9.47 Å². The van der Waals surface area contributed by atoms with Crippen molar-refractivity contribution in [3.05, 3.63) is 83.9 Å². The first-order valence-corrected chi connectivity index (χ1v) is 9.64. The average molecular weight is 415 g/mol. The van der Waals surface area contributed by atoms with Gasteiger partial charge in [0.25, 0.3) is 5.91 Å². The molecule has 1 amide bonds.